The first-order valence-corrected chi connectivity index (χ1v) is 7.07. The van der Waals surface area contributed by atoms with Crippen molar-refractivity contribution in [3.05, 3.63) is 47.8 Å². The summed E-state index contributed by atoms with van der Waals surface area (Å²) in [5.74, 6) is -0.974. The Kier molecular flexibility index (Phi) is 5.26. The largest absolute Gasteiger partial charge is 0.364 e. The summed E-state index contributed by atoms with van der Waals surface area (Å²) >= 11 is 0. The van der Waals surface area contributed by atoms with Crippen molar-refractivity contribution in [3.8, 4) is 5.69 Å². The van der Waals surface area contributed by atoms with Gasteiger partial charge in [0.25, 0.3) is 11.8 Å². The van der Waals surface area contributed by atoms with Gasteiger partial charge >= 0.3 is 0 Å². The average Bonchev–Trinajstić information content (AvgIpc) is 2.98. The first-order valence-electron chi connectivity index (χ1n) is 7.07. The molecule has 1 aromatic carbocycles. The minimum atomic E-state index is -0.636. The lowest BCUT2D eigenvalue weighted by Gasteiger charge is -2.04. The zero-order valence-electron chi connectivity index (χ0n) is 12.4. The topological polar surface area (TPSA) is 102 Å². The maximum Gasteiger partial charge on any atom is 0.271 e. The first-order chi connectivity index (χ1) is 10.6. The summed E-state index contributed by atoms with van der Waals surface area (Å²) in [4.78, 5) is 23.6. The van der Waals surface area contributed by atoms with Crippen molar-refractivity contribution in [2.75, 3.05) is 19.6 Å². The van der Waals surface area contributed by atoms with Gasteiger partial charge in [0.1, 0.15) is 5.69 Å². The standard InChI is InChI=1S/C15H19N5O2/c1-2-17-8-9-18-15(22)12-10-13(14(16)21)20(19-12)11-6-4-3-5-7-11/h3-7,10,17H,2,8-9H2,1H3,(H2,16,21)(H,18,22). The van der Waals surface area contributed by atoms with E-state index in [0.29, 0.717) is 18.8 Å². The van der Waals surface area contributed by atoms with Crippen LogP contribution in [0, 0.1) is 0 Å². The van der Waals surface area contributed by atoms with Gasteiger partial charge in [0, 0.05) is 19.2 Å². The second-order valence-electron chi connectivity index (χ2n) is 4.64. The van der Waals surface area contributed by atoms with Crippen LogP contribution in [0.4, 0.5) is 0 Å². The van der Waals surface area contributed by atoms with Crippen molar-refractivity contribution >= 4 is 11.8 Å². The van der Waals surface area contributed by atoms with Crippen LogP contribution in [-0.4, -0.2) is 41.2 Å². The zero-order valence-corrected chi connectivity index (χ0v) is 12.4. The highest BCUT2D eigenvalue weighted by atomic mass is 16.2. The van der Waals surface area contributed by atoms with E-state index in [0.717, 1.165) is 6.54 Å². The van der Waals surface area contributed by atoms with Crippen molar-refractivity contribution in [1.29, 1.82) is 0 Å². The van der Waals surface area contributed by atoms with Gasteiger partial charge in [0.15, 0.2) is 5.69 Å². The summed E-state index contributed by atoms with van der Waals surface area (Å²) in [5, 5.41) is 10.0. The zero-order chi connectivity index (χ0) is 15.9. The predicted octanol–water partition coefficient (Wildman–Crippen LogP) is 0.311. The summed E-state index contributed by atoms with van der Waals surface area (Å²) in [5.41, 5.74) is 6.36. The summed E-state index contributed by atoms with van der Waals surface area (Å²) in [6.07, 6.45) is 0. The number of nitrogens with one attached hydrogen (secondary N) is 2. The van der Waals surface area contributed by atoms with Gasteiger partial charge in [0.2, 0.25) is 0 Å². The fourth-order valence-electron chi connectivity index (χ4n) is 1.97. The van der Waals surface area contributed by atoms with Crippen molar-refractivity contribution in [2.45, 2.75) is 6.92 Å². The van der Waals surface area contributed by atoms with Gasteiger partial charge in [-0.25, -0.2) is 4.68 Å². The van der Waals surface area contributed by atoms with Gasteiger partial charge in [-0.2, -0.15) is 5.10 Å². The summed E-state index contributed by atoms with van der Waals surface area (Å²) < 4.78 is 1.38. The third-order valence-electron chi connectivity index (χ3n) is 3.03. The molecule has 0 fully saturated rings. The molecular formula is C15H19N5O2. The molecule has 116 valence electrons. The molecule has 1 heterocycles. The Morgan fingerprint density at radius 1 is 1.23 bits per heavy atom. The number of nitrogens with zero attached hydrogens (tertiary/aromatic N) is 2. The van der Waals surface area contributed by atoms with Crippen molar-refractivity contribution < 1.29 is 9.59 Å². The van der Waals surface area contributed by atoms with Gasteiger partial charge in [-0.15, -0.1) is 0 Å². The summed E-state index contributed by atoms with van der Waals surface area (Å²) in [6.45, 7) is 3.98. The number of hydrogen-bond acceptors (Lipinski definition) is 4. The second-order valence-corrected chi connectivity index (χ2v) is 4.64. The van der Waals surface area contributed by atoms with E-state index in [1.807, 2.05) is 25.1 Å². The number of carbonyl (C=O) groups excluding carboxylic acids is 2. The van der Waals surface area contributed by atoms with Crippen LogP contribution in [0.1, 0.15) is 27.9 Å². The molecule has 0 radical (unpaired) electrons. The van der Waals surface area contributed by atoms with Crippen LogP contribution in [0.15, 0.2) is 36.4 Å². The van der Waals surface area contributed by atoms with Crippen LogP contribution in [0.2, 0.25) is 0 Å². The van der Waals surface area contributed by atoms with Crippen LogP contribution in [0.25, 0.3) is 5.69 Å². The molecule has 0 spiro atoms. The maximum absolute atomic E-state index is 12.1. The number of nitrogens with two attached hydrogens (primary N) is 1. The molecule has 7 nitrogen and oxygen atoms in total. The van der Waals surface area contributed by atoms with Crippen molar-refractivity contribution in [3.63, 3.8) is 0 Å². The molecule has 0 aliphatic rings. The number of likely N-dealkylation sites (N-methyl/N-ethyl adjacent to an activating group) is 1. The second kappa shape index (κ2) is 7.37. The molecule has 1 aromatic heterocycles. The SMILES string of the molecule is CCNCCNC(=O)c1cc(C(N)=O)n(-c2ccccc2)n1. The van der Waals surface area contributed by atoms with Gasteiger partial charge in [-0.3, -0.25) is 9.59 Å². The Balaban J connectivity index is 2.20. The quantitative estimate of drug-likeness (QED) is 0.640. The molecule has 0 aliphatic carbocycles. The Morgan fingerprint density at radius 3 is 2.59 bits per heavy atom. The number of hydrogen-bond donors (Lipinski definition) is 3. The number of benzene rings is 1. The molecule has 0 atom stereocenters. The number of amides is 2. The monoisotopic (exact) mass is 301 g/mol. The molecule has 7 heteroatoms. The summed E-state index contributed by atoms with van der Waals surface area (Å²) in [6, 6.07) is 10.5. The van der Waals surface area contributed by atoms with Crippen molar-refractivity contribution in [2.24, 2.45) is 5.73 Å². The third kappa shape index (κ3) is 3.70. The van der Waals surface area contributed by atoms with Crippen LogP contribution in [0.3, 0.4) is 0 Å². The normalized spacial score (nSPS) is 10.4. The molecule has 0 bridgehead atoms. The van der Waals surface area contributed by atoms with Crippen LogP contribution in [-0.2, 0) is 0 Å². The first kappa shape index (κ1) is 15.7. The molecular weight excluding hydrogens is 282 g/mol. The Hall–Kier alpha value is -2.67. The van der Waals surface area contributed by atoms with E-state index in [9.17, 15) is 9.59 Å². The fourth-order valence-corrected chi connectivity index (χ4v) is 1.97. The average molecular weight is 301 g/mol. The van der Waals surface area contributed by atoms with Gasteiger partial charge in [-0.05, 0) is 18.7 Å². The molecule has 0 unspecified atom stereocenters. The molecule has 2 aromatic rings. The Morgan fingerprint density at radius 2 is 1.95 bits per heavy atom. The highest BCUT2D eigenvalue weighted by Crippen LogP contribution is 2.12. The van der Waals surface area contributed by atoms with Crippen LogP contribution in [0.5, 0.6) is 0 Å². The highest BCUT2D eigenvalue weighted by molar-refractivity contribution is 5.97. The van der Waals surface area contributed by atoms with Gasteiger partial charge in [0.05, 0.1) is 5.69 Å². The lowest BCUT2D eigenvalue weighted by molar-refractivity contribution is 0.0947. The van der Waals surface area contributed by atoms with Gasteiger partial charge in [-0.1, -0.05) is 25.1 Å². The number of aromatic nitrogens is 2. The molecule has 2 rings (SSSR count). The maximum atomic E-state index is 12.1. The summed E-state index contributed by atoms with van der Waals surface area (Å²) in [7, 11) is 0. The van der Waals surface area contributed by atoms with E-state index >= 15 is 0 Å². The van der Waals surface area contributed by atoms with E-state index < -0.39 is 5.91 Å². The Bertz CT molecular complexity index is 651. The van der Waals surface area contributed by atoms with Crippen LogP contribution >= 0.6 is 0 Å². The van der Waals surface area contributed by atoms with E-state index in [4.69, 9.17) is 5.73 Å². The van der Waals surface area contributed by atoms with E-state index in [-0.39, 0.29) is 17.3 Å². The number of carbonyl (C=O) groups is 2. The van der Waals surface area contributed by atoms with E-state index in [2.05, 4.69) is 15.7 Å². The lowest BCUT2D eigenvalue weighted by atomic mass is 10.3. The highest BCUT2D eigenvalue weighted by Gasteiger charge is 2.18. The lowest BCUT2D eigenvalue weighted by Crippen LogP contribution is -2.32. The molecule has 0 aliphatic heterocycles. The molecule has 0 saturated heterocycles. The number of primary amides is 1. The smallest absolute Gasteiger partial charge is 0.271 e. The van der Waals surface area contributed by atoms with E-state index in [1.54, 1.807) is 12.1 Å². The molecule has 0 saturated carbocycles. The minimum absolute atomic E-state index is 0.161. The van der Waals surface area contributed by atoms with Crippen LogP contribution < -0.4 is 16.4 Å². The fraction of sp³-hybridized carbons (Fsp3) is 0.267. The molecule has 22 heavy (non-hydrogen) atoms. The molecule has 4 N–H and O–H groups in total. The predicted molar refractivity (Wildman–Crippen MR) is 83.0 cm³/mol. The number of para-hydroxylation sites is 1. The number of rotatable bonds is 7. The third-order valence-corrected chi connectivity index (χ3v) is 3.03. The minimum Gasteiger partial charge on any atom is -0.364 e. The van der Waals surface area contributed by atoms with E-state index in [1.165, 1.54) is 10.7 Å². The molecule has 2 amide bonds. The van der Waals surface area contributed by atoms with Gasteiger partial charge < -0.3 is 16.4 Å². The Labute approximate surface area is 128 Å². The van der Waals surface area contributed by atoms with Crippen molar-refractivity contribution in [1.82, 2.24) is 20.4 Å².